The molecule has 0 amide bonds. The van der Waals surface area contributed by atoms with Crippen LogP contribution in [-0.4, -0.2) is 16.5 Å². The van der Waals surface area contributed by atoms with Crippen LogP contribution in [0.4, 0.5) is 15.9 Å². The predicted molar refractivity (Wildman–Crippen MR) is 73.5 cm³/mol. The minimum Gasteiger partial charge on any atom is -0.324 e. The van der Waals surface area contributed by atoms with Crippen LogP contribution in [-0.2, 0) is 5.41 Å². The Balaban J connectivity index is 2.10. The van der Waals surface area contributed by atoms with Gasteiger partial charge in [-0.1, -0.05) is 25.4 Å². The average Bonchev–Trinajstić information content (AvgIpc) is 2.66. The van der Waals surface area contributed by atoms with Gasteiger partial charge in [0, 0.05) is 30.0 Å². The summed E-state index contributed by atoms with van der Waals surface area (Å²) >= 11 is 5.72. The Morgan fingerprint density at radius 3 is 2.74 bits per heavy atom. The summed E-state index contributed by atoms with van der Waals surface area (Å²) in [5, 5.41) is 0.126. The molecule has 0 N–H and O–H groups in total. The second-order valence-corrected chi connectivity index (χ2v) is 5.70. The zero-order valence-corrected chi connectivity index (χ0v) is 11.4. The number of anilines is 2. The first-order valence-corrected chi connectivity index (χ1v) is 6.41. The van der Waals surface area contributed by atoms with Crippen LogP contribution in [0.25, 0.3) is 0 Å². The largest absolute Gasteiger partial charge is 0.324 e. The van der Waals surface area contributed by atoms with Crippen molar-refractivity contribution >= 4 is 23.1 Å². The van der Waals surface area contributed by atoms with Gasteiger partial charge >= 0.3 is 0 Å². The maximum atomic E-state index is 13.6. The van der Waals surface area contributed by atoms with Gasteiger partial charge in [-0.05, 0) is 18.2 Å². The fraction of sp³-hybridized carbons (Fsp3) is 0.286. The van der Waals surface area contributed by atoms with Gasteiger partial charge in [0.1, 0.15) is 5.82 Å². The molecule has 0 aliphatic carbocycles. The summed E-state index contributed by atoms with van der Waals surface area (Å²) in [6, 6.07) is 4.79. The van der Waals surface area contributed by atoms with E-state index in [0.717, 1.165) is 17.2 Å². The van der Waals surface area contributed by atoms with Gasteiger partial charge in [0.2, 0.25) is 0 Å². The van der Waals surface area contributed by atoms with Gasteiger partial charge in [-0.2, -0.15) is 0 Å². The van der Waals surface area contributed by atoms with Crippen molar-refractivity contribution in [3.63, 3.8) is 0 Å². The van der Waals surface area contributed by atoms with Crippen molar-refractivity contribution in [3.8, 4) is 0 Å². The number of benzene rings is 1. The summed E-state index contributed by atoms with van der Waals surface area (Å²) < 4.78 is 13.6. The molecule has 1 aliphatic rings. The number of hydrogen-bond acceptors (Lipinski definition) is 3. The Labute approximate surface area is 116 Å². The minimum atomic E-state index is -0.422. The molecule has 2 aromatic rings. The zero-order chi connectivity index (χ0) is 13.6. The maximum Gasteiger partial charge on any atom is 0.155 e. The van der Waals surface area contributed by atoms with E-state index in [9.17, 15) is 4.39 Å². The highest BCUT2D eigenvalue weighted by molar-refractivity contribution is 6.30. The van der Waals surface area contributed by atoms with Crippen molar-refractivity contribution in [1.82, 2.24) is 9.97 Å². The molecule has 3 nitrogen and oxygen atoms in total. The highest BCUT2D eigenvalue weighted by Crippen LogP contribution is 2.41. The second-order valence-electron chi connectivity index (χ2n) is 5.30. The molecule has 19 heavy (non-hydrogen) atoms. The molecule has 0 radical (unpaired) electrons. The quantitative estimate of drug-likeness (QED) is 0.796. The summed E-state index contributed by atoms with van der Waals surface area (Å²) in [6.07, 6.45) is 3.34. The molecular formula is C14H13ClFN3. The molecular weight excluding hydrogens is 265 g/mol. The highest BCUT2D eigenvalue weighted by Gasteiger charge is 2.38. The van der Waals surface area contributed by atoms with E-state index in [1.807, 2.05) is 4.90 Å². The van der Waals surface area contributed by atoms with E-state index >= 15 is 0 Å². The first-order valence-electron chi connectivity index (χ1n) is 6.03. The van der Waals surface area contributed by atoms with Gasteiger partial charge in [-0.25, -0.2) is 9.37 Å². The van der Waals surface area contributed by atoms with Crippen LogP contribution in [0.5, 0.6) is 0 Å². The molecule has 1 aromatic carbocycles. The van der Waals surface area contributed by atoms with Crippen molar-refractivity contribution in [1.29, 1.82) is 0 Å². The van der Waals surface area contributed by atoms with Crippen LogP contribution < -0.4 is 4.90 Å². The Kier molecular flexibility index (Phi) is 2.71. The van der Waals surface area contributed by atoms with E-state index < -0.39 is 5.82 Å². The van der Waals surface area contributed by atoms with Crippen LogP contribution in [0.15, 0.2) is 30.6 Å². The number of aromatic nitrogens is 2. The standard InChI is InChI=1S/C14H13ClFN3/c1-14(2)8-19(13-12(14)17-5-6-18-13)9-3-4-10(15)11(16)7-9/h3-7H,8H2,1-2H3. The van der Waals surface area contributed by atoms with E-state index in [1.165, 1.54) is 6.07 Å². The lowest BCUT2D eigenvalue weighted by atomic mass is 9.92. The maximum absolute atomic E-state index is 13.6. The van der Waals surface area contributed by atoms with Crippen LogP contribution in [0.1, 0.15) is 19.5 Å². The average molecular weight is 278 g/mol. The molecule has 0 saturated heterocycles. The SMILES string of the molecule is CC1(C)CN(c2ccc(Cl)c(F)c2)c2nccnc21. The summed E-state index contributed by atoms with van der Waals surface area (Å²) in [5.74, 6) is 0.364. The lowest BCUT2D eigenvalue weighted by Gasteiger charge is -2.21. The smallest absolute Gasteiger partial charge is 0.155 e. The highest BCUT2D eigenvalue weighted by atomic mass is 35.5. The number of fused-ring (bicyclic) bond motifs is 1. The molecule has 0 saturated carbocycles. The summed E-state index contributed by atoms with van der Waals surface area (Å²) in [4.78, 5) is 10.8. The van der Waals surface area contributed by atoms with E-state index in [2.05, 4.69) is 23.8 Å². The molecule has 98 valence electrons. The Morgan fingerprint density at radius 2 is 2.00 bits per heavy atom. The predicted octanol–water partition coefficient (Wildman–Crippen LogP) is 3.70. The molecule has 0 fully saturated rings. The molecule has 0 bridgehead atoms. The van der Waals surface area contributed by atoms with Crippen molar-refractivity contribution in [2.45, 2.75) is 19.3 Å². The van der Waals surface area contributed by atoms with Gasteiger partial charge in [-0.15, -0.1) is 0 Å². The molecule has 1 aromatic heterocycles. The van der Waals surface area contributed by atoms with Crippen LogP contribution >= 0.6 is 11.6 Å². The van der Waals surface area contributed by atoms with Gasteiger partial charge in [0.15, 0.2) is 5.82 Å². The van der Waals surface area contributed by atoms with Crippen molar-refractivity contribution in [3.05, 3.63) is 47.1 Å². The number of hydrogen-bond donors (Lipinski definition) is 0. The summed E-state index contributed by atoms with van der Waals surface area (Å²) in [5.41, 5.74) is 1.57. The monoisotopic (exact) mass is 277 g/mol. The summed E-state index contributed by atoms with van der Waals surface area (Å²) in [7, 11) is 0. The van der Waals surface area contributed by atoms with Crippen molar-refractivity contribution in [2.75, 3.05) is 11.4 Å². The van der Waals surface area contributed by atoms with Gasteiger partial charge in [-0.3, -0.25) is 4.98 Å². The van der Waals surface area contributed by atoms with Crippen LogP contribution in [0.3, 0.4) is 0 Å². The van der Waals surface area contributed by atoms with Crippen LogP contribution in [0.2, 0.25) is 5.02 Å². The third-order valence-corrected chi connectivity index (χ3v) is 3.65. The van der Waals surface area contributed by atoms with E-state index in [0.29, 0.717) is 6.54 Å². The van der Waals surface area contributed by atoms with E-state index in [-0.39, 0.29) is 10.4 Å². The first kappa shape index (κ1) is 12.4. The normalized spacial score (nSPS) is 16.5. The van der Waals surface area contributed by atoms with Crippen molar-refractivity contribution in [2.24, 2.45) is 0 Å². The van der Waals surface area contributed by atoms with E-state index in [4.69, 9.17) is 11.6 Å². The molecule has 1 aliphatic heterocycles. The number of rotatable bonds is 1. The molecule has 3 rings (SSSR count). The zero-order valence-electron chi connectivity index (χ0n) is 10.7. The Morgan fingerprint density at radius 1 is 1.26 bits per heavy atom. The fourth-order valence-electron chi connectivity index (χ4n) is 2.42. The third kappa shape index (κ3) is 1.96. The Hall–Kier alpha value is -1.68. The third-order valence-electron chi connectivity index (χ3n) is 3.34. The van der Waals surface area contributed by atoms with Gasteiger partial charge < -0.3 is 4.90 Å². The van der Waals surface area contributed by atoms with Gasteiger partial charge in [0.05, 0.1) is 10.7 Å². The minimum absolute atomic E-state index is 0.111. The number of nitrogens with zero attached hydrogens (tertiary/aromatic N) is 3. The molecule has 0 atom stereocenters. The number of halogens is 2. The summed E-state index contributed by atoms with van der Waals surface area (Å²) in [6.45, 7) is 4.92. The fourth-order valence-corrected chi connectivity index (χ4v) is 2.53. The lowest BCUT2D eigenvalue weighted by molar-refractivity contribution is 0.553. The topological polar surface area (TPSA) is 29.0 Å². The van der Waals surface area contributed by atoms with Gasteiger partial charge in [0.25, 0.3) is 0 Å². The molecule has 5 heteroatoms. The van der Waals surface area contributed by atoms with Crippen molar-refractivity contribution < 1.29 is 4.39 Å². The van der Waals surface area contributed by atoms with Crippen LogP contribution in [0, 0.1) is 5.82 Å². The van der Waals surface area contributed by atoms with E-state index in [1.54, 1.807) is 24.5 Å². The lowest BCUT2D eigenvalue weighted by Crippen LogP contribution is -2.25. The first-order chi connectivity index (χ1) is 8.99. The molecule has 2 heterocycles. The molecule has 0 spiro atoms. The molecule has 0 unspecified atom stereocenters. The Bertz CT molecular complexity index is 642. The second kappa shape index (κ2) is 4.17.